The number of aromatic nitrogens is 1. The molecule has 0 aromatic carbocycles. The van der Waals surface area contributed by atoms with Crippen LogP contribution in [0.5, 0.6) is 0 Å². The molecule has 0 radical (unpaired) electrons. The molecule has 0 bridgehead atoms. The molecule has 0 aliphatic rings. The molecular weight excluding hydrogens is 152 g/mol. The second-order valence-corrected chi connectivity index (χ2v) is 2.88. The predicted octanol–water partition coefficient (Wildman–Crippen LogP) is 0.861. The Kier molecular flexibility index (Phi) is 2.50. The van der Waals surface area contributed by atoms with Gasteiger partial charge in [-0.1, -0.05) is 0 Å². The lowest BCUT2D eigenvalue weighted by Crippen LogP contribution is -2.20. The van der Waals surface area contributed by atoms with Crippen LogP contribution in [-0.2, 0) is 0 Å². The van der Waals surface area contributed by atoms with Gasteiger partial charge in [0, 0.05) is 14.1 Å². The van der Waals surface area contributed by atoms with Crippen LogP contribution in [0.4, 0.5) is 11.5 Å². The van der Waals surface area contributed by atoms with Crippen molar-refractivity contribution in [2.75, 3.05) is 25.3 Å². The summed E-state index contributed by atoms with van der Waals surface area (Å²) in [6.45, 7) is 1.89. The minimum Gasteiger partial charge on any atom is -0.397 e. The number of nitrogens with zero attached hydrogens (tertiary/aromatic N) is 2. The molecule has 0 aliphatic heterocycles. The average molecular weight is 166 g/mol. The van der Waals surface area contributed by atoms with Crippen molar-refractivity contribution in [3.8, 4) is 0 Å². The van der Waals surface area contributed by atoms with Crippen molar-refractivity contribution in [3.05, 3.63) is 17.8 Å². The number of nitrogens with two attached hydrogens (primary N) is 1. The number of hydrazine groups is 1. The molecule has 12 heavy (non-hydrogen) atoms. The number of nitrogen functional groups attached to an aromatic ring is 1. The normalized spacial score (nSPS) is 10.3. The van der Waals surface area contributed by atoms with Gasteiger partial charge in [0.15, 0.2) is 0 Å². The van der Waals surface area contributed by atoms with Crippen LogP contribution >= 0.6 is 0 Å². The Balaban J connectivity index is 2.82. The lowest BCUT2D eigenvalue weighted by atomic mass is 10.3. The molecule has 0 amide bonds. The number of rotatable bonds is 2. The first kappa shape index (κ1) is 8.80. The summed E-state index contributed by atoms with van der Waals surface area (Å²) >= 11 is 0. The van der Waals surface area contributed by atoms with E-state index in [0.717, 1.165) is 17.2 Å². The van der Waals surface area contributed by atoms with Gasteiger partial charge in [0.05, 0.1) is 11.4 Å². The summed E-state index contributed by atoms with van der Waals surface area (Å²) in [7, 11) is 3.82. The van der Waals surface area contributed by atoms with Crippen LogP contribution in [0.15, 0.2) is 12.1 Å². The van der Waals surface area contributed by atoms with Gasteiger partial charge in [-0.05, 0) is 19.1 Å². The second-order valence-electron chi connectivity index (χ2n) is 2.88. The van der Waals surface area contributed by atoms with E-state index in [1.165, 1.54) is 0 Å². The first-order valence-electron chi connectivity index (χ1n) is 3.76. The summed E-state index contributed by atoms with van der Waals surface area (Å²) in [6.07, 6.45) is 0. The highest BCUT2D eigenvalue weighted by Gasteiger charge is 1.97. The SMILES string of the molecule is Cc1nc(NN(C)C)ccc1N. The van der Waals surface area contributed by atoms with Crippen LogP contribution in [0.1, 0.15) is 5.69 Å². The van der Waals surface area contributed by atoms with Crippen LogP contribution in [0.25, 0.3) is 0 Å². The van der Waals surface area contributed by atoms with E-state index < -0.39 is 0 Å². The van der Waals surface area contributed by atoms with E-state index in [4.69, 9.17) is 5.73 Å². The van der Waals surface area contributed by atoms with E-state index in [1.54, 1.807) is 0 Å². The molecule has 0 saturated carbocycles. The van der Waals surface area contributed by atoms with Gasteiger partial charge in [0.1, 0.15) is 5.82 Å². The Hall–Kier alpha value is -1.29. The quantitative estimate of drug-likeness (QED) is 0.640. The van der Waals surface area contributed by atoms with Crippen molar-refractivity contribution in [2.24, 2.45) is 0 Å². The van der Waals surface area contributed by atoms with Gasteiger partial charge in [-0.2, -0.15) is 0 Å². The molecule has 1 heterocycles. The standard InChI is InChI=1S/C8H14N4/c1-6-7(9)4-5-8(10-6)11-12(2)3/h4-5H,9H2,1-3H3,(H,10,11). The van der Waals surface area contributed by atoms with E-state index in [1.807, 2.05) is 38.2 Å². The van der Waals surface area contributed by atoms with E-state index >= 15 is 0 Å². The highest BCUT2D eigenvalue weighted by atomic mass is 15.5. The molecule has 4 nitrogen and oxygen atoms in total. The molecule has 4 heteroatoms. The van der Waals surface area contributed by atoms with E-state index in [2.05, 4.69) is 10.4 Å². The van der Waals surface area contributed by atoms with Gasteiger partial charge in [0.25, 0.3) is 0 Å². The van der Waals surface area contributed by atoms with Gasteiger partial charge in [0.2, 0.25) is 0 Å². The van der Waals surface area contributed by atoms with Crippen LogP contribution in [0, 0.1) is 6.92 Å². The maximum atomic E-state index is 5.62. The summed E-state index contributed by atoms with van der Waals surface area (Å²) in [4.78, 5) is 4.24. The molecule has 1 rings (SSSR count). The third kappa shape index (κ3) is 2.10. The number of pyridine rings is 1. The zero-order chi connectivity index (χ0) is 9.14. The highest BCUT2D eigenvalue weighted by Crippen LogP contribution is 2.11. The van der Waals surface area contributed by atoms with Gasteiger partial charge < -0.3 is 11.2 Å². The van der Waals surface area contributed by atoms with E-state index in [-0.39, 0.29) is 0 Å². The van der Waals surface area contributed by atoms with Crippen LogP contribution in [-0.4, -0.2) is 24.1 Å². The summed E-state index contributed by atoms with van der Waals surface area (Å²) < 4.78 is 0. The maximum Gasteiger partial charge on any atom is 0.140 e. The molecule has 0 aliphatic carbocycles. The Morgan fingerprint density at radius 3 is 2.58 bits per heavy atom. The number of aryl methyl sites for hydroxylation is 1. The topological polar surface area (TPSA) is 54.2 Å². The minimum absolute atomic E-state index is 0.722. The Morgan fingerprint density at radius 2 is 2.08 bits per heavy atom. The van der Waals surface area contributed by atoms with E-state index in [9.17, 15) is 0 Å². The van der Waals surface area contributed by atoms with Gasteiger partial charge in [-0.15, -0.1) is 0 Å². The molecule has 66 valence electrons. The zero-order valence-electron chi connectivity index (χ0n) is 7.63. The number of nitrogens with one attached hydrogen (secondary N) is 1. The number of hydrogen-bond acceptors (Lipinski definition) is 4. The van der Waals surface area contributed by atoms with Crippen molar-refractivity contribution in [2.45, 2.75) is 6.92 Å². The molecule has 1 aromatic rings. The Bertz CT molecular complexity index is 270. The Morgan fingerprint density at radius 1 is 1.42 bits per heavy atom. The van der Waals surface area contributed by atoms with Gasteiger partial charge >= 0.3 is 0 Å². The largest absolute Gasteiger partial charge is 0.397 e. The van der Waals surface area contributed by atoms with Crippen molar-refractivity contribution in [1.82, 2.24) is 9.99 Å². The number of anilines is 2. The lowest BCUT2D eigenvalue weighted by Gasteiger charge is -2.13. The summed E-state index contributed by atoms with van der Waals surface area (Å²) in [5.41, 5.74) is 10.2. The highest BCUT2D eigenvalue weighted by molar-refractivity contribution is 5.48. The molecule has 3 N–H and O–H groups in total. The zero-order valence-corrected chi connectivity index (χ0v) is 7.63. The fraction of sp³-hybridized carbons (Fsp3) is 0.375. The first-order valence-corrected chi connectivity index (χ1v) is 3.76. The molecule has 0 spiro atoms. The third-order valence-electron chi connectivity index (χ3n) is 1.46. The van der Waals surface area contributed by atoms with Gasteiger partial charge in [-0.3, -0.25) is 0 Å². The van der Waals surface area contributed by atoms with Crippen molar-refractivity contribution in [1.29, 1.82) is 0 Å². The van der Waals surface area contributed by atoms with Crippen molar-refractivity contribution < 1.29 is 0 Å². The fourth-order valence-electron chi connectivity index (χ4n) is 0.863. The molecule has 0 unspecified atom stereocenters. The first-order chi connectivity index (χ1) is 5.59. The molecule has 1 aromatic heterocycles. The fourth-order valence-corrected chi connectivity index (χ4v) is 0.863. The lowest BCUT2D eigenvalue weighted by molar-refractivity contribution is 0.492. The molecular formula is C8H14N4. The molecule has 0 atom stereocenters. The van der Waals surface area contributed by atoms with Crippen LogP contribution in [0.2, 0.25) is 0 Å². The second kappa shape index (κ2) is 3.40. The van der Waals surface area contributed by atoms with Crippen molar-refractivity contribution >= 4 is 11.5 Å². The monoisotopic (exact) mass is 166 g/mol. The maximum absolute atomic E-state index is 5.62. The van der Waals surface area contributed by atoms with E-state index in [0.29, 0.717) is 0 Å². The smallest absolute Gasteiger partial charge is 0.140 e. The summed E-state index contributed by atoms with van der Waals surface area (Å²) in [5.74, 6) is 0.812. The van der Waals surface area contributed by atoms with Crippen LogP contribution in [0.3, 0.4) is 0 Å². The van der Waals surface area contributed by atoms with Crippen LogP contribution < -0.4 is 11.2 Å². The molecule has 0 saturated heterocycles. The summed E-state index contributed by atoms with van der Waals surface area (Å²) in [5, 5.41) is 1.83. The predicted molar refractivity (Wildman–Crippen MR) is 50.7 cm³/mol. The minimum atomic E-state index is 0.722. The number of hydrogen-bond donors (Lipinski definition) is 2. The third-order valence-corrected chi connectivity index (χ3v) is 1.46. The van der Waals surface area contributed by atoms with Crippen molar-refractivity contribution in [3.63, 3.8) is 0 Å². The summed E-state index contributed by atoms with van der Waals surface area (Å²) in [6, 6.07) is 3.69. The molecule has 0 fully saturated rings. The van der Waals surface area contributed by atoms with Gasteiger partial charge in [-0.25, -0.2) is 9.99 Å². The Labute approximate surface area is 72.4 Å². The average Bonchev–Trinajstić information content (AvgIpc) is 1.96.